The molecule has 1 aromatic carbocycles. The number of nitrogens with one attached hydrogen (secondary N) is 1. The summed E-state index contributed by atoms with van der Waals surface area (Å²) in [6.45, 7) is 2.10. The summed E-state index contributed by atoms with van der Waals surface area (Å²) in [6.07, 6.45) is 0. The number of para-hydroxylation sites is 1. The van der Waals surface area contributed by atoms with E-state index in [9.17, 15) is 4.79 Å². The van der Waals surface area contributed by atoms with Crippen LogP contribution in [0.3, 0.4) is 0 Å². The lowest BCUT2D eigenvalue weighted by molar-refractivity contribution is 0.102. The molecule has 2 rings (SSSR count). The first-order valence-corrected chi connectivity index (χ1v) is 8.42. The zero-order chi connectivity index (χ0) is 13.0. The van der Waals surface area contributed by atoms with E-state index in [2.05, 4.69) is 34.8 Å². The third kappa shape index (κ3) is 3.49. The van der Waals surface area contributed by atoms with Gasteiger partial charge in [-0.05, 0) is 46.5 Å². The van der Waals surface area contributed by atoms with Crippen LogP contribution in [0.5, 0.6) is 0 Å². The number of carbonyl (C=O) groups excluding carboxylic acids is 1. The minimum atomic E-state index is -0.0432. The minimum Gasteiger partial charge on any atom is -0.321 e. The van der Waals surface area contributed by atoms with Crippen molar-refractivity contribution in [1.82, 2.24) is 0 Å². The summed E-state index contributed by atoms with van der Waals surface area (Å²) in [5.74, 6) is 0.946. The van der Waals surface area contributed by atoms with Gasteiger partial charge in [0.2, 0.25) is 0 Å². The number of thiophene rings is 1. The fourth-order valence-electron chi connectivity index (χ4n) is 1.47. The van der Waals surface area contributed by atoms with Gasteiger partial charge in [-0.3, -0.25) is 4.79 Å². The van der Waals surface area contributed by atoms with Crippen molar-refractivity contribution >= 4 is 57.3 Å². The first kappa shape index (κ1) is 13.9. The molecular weight excluding hydrogens is 377 g/mol. The van der Waals surface area contributed by atoms with Crippen molar-refractivity contribution in [2.45, 2.75) is 11.8 Å². The Morgan fingerprint density at radius 3 is 2.89 bits per heavy atom. The number of halogens is 1. The molecule has 5 heteroatoms. The maximum absolute atomic E-state index is 12.1. The molecule has 1 heterocycles. The summed E-state index contributed by atoms with van der Waals surface area (Å²) in [7, 11) is 0. The minimum absolute atomic E-state index is 0.0432. The van der Waals surface area contributed by atoms with Gasteiger partial charge in [0.05, 0.1) is 14.1 Å². The van der Waals surface area contributed by atoms with Gasteiger partial charge >= 0.3 is 0 Å². The molecule has 1 aromatic heterocycles. The summed E-state index contributed by atoms with van der Waals surface area (Å²) in [5, 5.41) is 4.85. The average Bonchev–Trinajstić information content (AvgIpc) is 2.79. The molecule has 0 spiro atoms. The number of anilines is 1. The smallest absolute Gasteiger partial charge is 0.256 e. The summed E-state index contributed by atoms with van der Waals surface area (Å²) in [6, 6.07) is 9.79. The van der Waals surface area contributed by atoms with Crippen molar-refractivity contribution in [1.29, 1.82) is 0 Å². The van der Waals surface area contributed by atoms with E-state index in [1.165, 1.54) is 0 Å². The summed E-state index contributed by atoms with van der Waals surface area (Å²) < 4.78 is 1.12. The Balaban J connectivity index is 2.16. The van der Waals surface area contributed by atoms with Gasteiger partial charge in [-0.2, -0.15) is 0 Å². The van der Waals surface area contributed by atoms with Crippen LogP contribution >= 0.6 is 45.7 Å². The lowest BCUT2D eigenvalue weighted by atomic mass is 10.3. The summed E-state index contributed by atoms with van der Waals surface area (Å²) in [5.41, 5.74) is 1.61. The van der Waals surface area contributed by atoms with Gasteiger partial charge in [-0.25, -0.2) is 0 Å². The highest BCUT2D eigenvalue weighted by Gasteiger charge is 2.10. The van der Waals surface area contributed by atoms with Crippen LogP contribution in [0.2, 0.25) is 0 Å². The van der Waals surface area contributed by atoms with E-state index >= 15 is 0 Å². The molecule has 0 aliphatic rings. The van der Waals surface area contributed by atoms with Crippen molar-refractivity contribution in [3.05, 3.63) is 44.2 Å². The number of amides is 1. The fraction of sp³-hybridized carbons (Fsp3) is 0.154. The number of benzene rings is 1. The number of carbonyl (C=O) groups is 1. The Bertz CT molecular complexity index is 553. The van der Waals surface area contributed by atoms with Crippen molar-refractivity contribution in [2.75, 3.05) is 11.1 Å². The van der Waals surface area contributed by atoms with E-state index < -0.39 is 0 Å². The van der Waals surface area contributed by atoms with Crippen LogP contribution < -0.4 is 5.32 Å². The monoisotopic (exact) mass is 389 g/mol. The molecule has 2 nitrogen and oxygen atoms in total. The first-order valence-electron chi connectivity index (χ1n) is 5.48. The Kier molecular flexibility index (Phi) is 5.08. The summed E-state index contributed by atoms with van der Waals surface area (Å²) in [4.78, 5) is 13.2. The van der Waals surface area contributed by atoms with E-state index in [1.807, 2.05) is 35.7 Å². The Morgan fingerprint density at radius 1 is 1.44 bits per heavy atom. The van der Waals surface area contributed by atoms with Crippen molar-refractivity contribution in [3.8, 4) is 0 Å². The van der Waals surface area contributed by atoms with Crippen molar-refractivity contribution in [3.63, 3.8) is 0 Å². The van der Waals surface area contributed by atoms with Crippen LogP contribution in [-0.2, 0) is 0 Å². The van der Waals surface area contributed by atoms with Crippen LogP contribution in [-0.4, -0.2) is 11.7 Å². The van der Waals surface area contributed by atoms with Gasteiger partial charge in [-0.1, -0.05) is 19.1 Å². The third-order valence-corrected chi connectivity index (χ3v) is 5.01. The van der Waals surface area contributed by atoms with Crippen LogP contribution in [0.25, 0.3) is 0 Å². The molecule has 0 unspecified atom stereocenters. The van der Waals surface area contributed by atoms with Crippen LogP contribution in [0, 0.1) is 2.88 Å². The van der Waals surface area contributed by atoms with Gasteiger partial charge in [0.15, 0.2) is 0 Å². The highest BCUT2D eigenvalue weighted by molar-refractivity contribution is 14.1. The molecule has 0 saturated heterocycles. The molecule has 0 fully saturated rings. The SMILES string of the molecule is CCSc1ccccc1NC(=O)c1csc(I)c1. The second-order valence-corrected chi connectivity index (χ2v) is 7.63. The van der Waals surface area contributed by atoms with Gasteiger partial charge in [0.1, 0.15) is 0 Å². The molecule has 18 heavy (non-hydrogen) atoms. The third-order valence-electron chi connectivity index (χ3n) is 2.26. The fourth-order valence-corrected chi connectivity index (χ4v) is 3.56. The zero-order valence-corrected chi connectivity index (χ0v) is 13.6. The van der Waals surface area contributed by atoms with Gasteiger partial charge < -0.3 is 5.32 Å². The van der Waals surface area contributed by atoms with Gasteiger partial charge in [-0.15, -0.1) is 23.1 Å². The molecule has 0 radical (unpaired) electrons. The molecule has 0 atom stereocenters. The topological polar surface area (TPSA) is 29.1 Å². The van der Waals surface area contributed by atoms with E-state index in [0.717, 1.165) is 24.8 Å². The zero-order valence-electron chi connectivity index (χ0n) is 9.77. The van der Waals surface area contributed by atoms with Crippen LogP contribution in [0.15, 0.2) is 40.6 Å². The van der Waals surface area contributed by atoms with Gasteiger partial charge in [0.25, 0.3) is 5.91 Å². The maximum atomic E-state index is 12.1. The predicted molar refractivity (Wildman–Crippen MR) is 87.8 cm³/mol. The van der Waals surface area contributed by atoms with Crippen molar-refractivity contribution in [2.24, 2.45) is 0 Å². The predicted octanol–water partition coefficient (Wildman–Crippen LogP) is 4.72. The average molecular weight is 389 g/mol. The normalized spacial score (nSPS) is 10.3. The second-order valence-electron chi connectivity index (χ2n) is 3.52. The highest BCUT2D eigenvalue weighted by Crippen LogP contribution is 2.27. The lowest BCUT2D eigenvalue weighted by Crippen LogP contribution is -2.11. The van der Waals surface area contributed by atoms with Crippen LogP contribution in [0.1, 0.15) is 17.3 Å². The molecule has 0 aliphatic heterocycles. The largest absolute Gasteiger partial charge is 0.321 e. The lowest BCUT2D eigenvalue weighted by Gasteiger charge is -2.09. The maximum Gasteiger partial charge on any atom is 0.256 e. The molecule has 0 aliphatic carbocycles. The summed E-state index contributed by atoms with van der Waals surface area (Å²) >= 11 is 5.53. The number of hydrogen-bond donors (Lipinski definition) is 1. The Morgan fingerprint density at radius 2 is 2.22 bits per heavy atom. The molecule has 1 amide bonds. The van der Waals surface area contributed by atoms with E-state index in [4.69, 9.17) is 0 Å². The number of thioether (sulfide) groups is 1. The molecule has 1 N–H and O–H groups in total. The second kappa shape index (κ2) is 6.58. The Labute approximate surface area is 128 Å². The van der Waals surface area contributed by atoms with E-state index in [0.29, 0.717) is 0 Å². The molecule has 2 aromatic rings. The number of hydrogen-bond acceptors (Lipinski definition) is 3. The number of rotatable bonds is 4. The molecule has 94 valence electrons. The Hall–Kier alpha value is -0.530. The van der Waals surface area contributed by atoms with Crippen LogP contribution in [0.4, 0.5) is 5.69 Å². The molecule has 0 saturated carbocycles. The quantitative estimate of drug-likeness (QED) is 0.606. The molecule has 0 bridgehead atoms. The van der Waals surface area contributed by atoms with E-state index in [1.54, 1.807) is 23.1 Å². The highest BCUT2D eigenvalue weighted by atomic mass is 127. The van der Waals surface area contributed by atoms with Crippen molar-refractivity contribution < 1.29 is 4.79 Å². The standard InChI is InChI=1S/C13H12INOS2/c1-2-17-11-6-4-3-5-10(11)15-13(16)9-7-12(14)18-8-9/h3-8H,2H2,1H3,(H,15,16). The first-order chi connectivity index (χ1) is 8.70. The molecular formula is C13H12INOS2. The van der Waals surface area contributed by atoms with E-state index in [-0.39, 0.29) is 5.91 Å². The van der Waals surface area contributed by atoms with Gasteiger partial charge in [0, 0.05) is 10.3 Å².